The van der Waals surface area contributed by atoms with E-state index in [9.17, 15) is 14.4 Å². The summed E-state index contributed by atoms with van der Waals surface area (Å²) < 4.78 is 0. The van der Waals surface area contributed by atoms with Gasteiger partial charge in [-0.1, -0.05) is 43.0 Å². The van der Waals surface area contributed by atoms with Crippen molar-refractivity contribution in [3.8, 4) is 0 Å². The smallest absolute Gasteiger partial charge is 0.325 e. The number of halogens is 1. The number of carbonyl (C=O) groups is 3. The van der Waals surface area contributed by atoms with Gasteiger partial charge in [0.15, 0.2) is 0 Å². The van der Waals surface area contributed by atoms with Gasteiger partial charge in [0.1, 0.15) is 12.1 Å². The van der Waals surface area contributed by atoms with Crippen LogP contribution in [0.4, 0.5) is 4.79 Å². The molecule has 4 amide bonds. The lowest BCUT2D eigenvalue weighted by atomic mass is 9.82. The monoisotopic (exact) mass is 418 g/mol. The van der Waals surface area contributed by atoms with Crippen molar-refractivity contribution in [3.05, 3.63) is 34.9 Å². The van der Waals surface area contributed by atoms with Crippen LogP contribution in [-0.4, -0.2) is 70.8 Å². The summed E-state index contributed by atoms with van der Waals surface area (Å²) in [4.78, 5) is 43.1. The molecule has 7 nitrogen and oxygen atoms in total. The van der Waals surface area contributed by atoms with E-state index in [1.165, 1.54) is 0 Å². The molecule has 0 aromatic heterocycles. The maximum atomic E-state index is 12.8. The number of piperazine rings is 1. The minimum absolute atomic E-state index is 0.163. The molecular formula is C21H27ClN4O3. The highest BCUT2D eigenvalue weighted by atomic mass is 35.5. The van der Waals surface area contributed by atoms with E-state index in [0.717, 1.165) is 54.4 Å². The molecule has 1 N–H and O–H groups in total. The lowest BCUT2D eigenvalue weighted by Gasteiger charge is -2.35. The fourth-order valence-corrected chi connectivity index (χ4v) is 4.81. The predicted octanol–water partition coefficient (Wildman–Crippen LogP) is 2.24. The number of rotatable bonds is 4. The zero-order valence-electron chi connectivity index (χ0n) is 16.5. The van der Waals surface area contributed by atoms with Crippen LogP contribution < -0.4 is 5.32 Å². The fraction of sp³-hybridized carbons (Fsp3) is 0.571. The van der Waals surface area contributed by atoms with E-state index in [0.29, 0.717) is 25.9 Å². The van der Waals surface area contributed by atoms with Crippen molar-refractivity contribution >= 4 is 29.4 Å². The molecule has 4 rings (SSSR count). The summed E-state index contributed by atoms with van der Waals surface area (Å²) in [6.07, 6.45) is 4.29. The second-order valence-corrected chi connectivity index (χ2v) is 8.69. The average Bonchev–Trinajstić information content (AvgIpc) is 2.93. The Balaban J connectivity index is 1.30. The highest BCUT2D eigenvalue weighted by Crippen LogP contribution is 2.33. The molecule has 1 saturated carbocycles. The Morgan fingerprint density at radius 3 is 2.48 bits per heavy atom. The maximum absolute atomic E-state index is 12.8. The molecule has 2 aliphatic heterocycles. The number of carbonyl (C=O) groups excluding carboxylic acids is 3. The molecule has 2 heterocycles. The van der Waals surface area contributed by atoms with Gasteiger partial charge in [0.2, 0.25) is 5.91 Å². The van der Waals surface area contributed by atoms with Crippen LogP contribution in [0.25, 0.3) is 0 Å². The topological polar surface area (TPSA) is 73.0 Å². The summed E-state index contributed by atoms with van der Waals surface area (Å²) >= 11 is 6.05. The minimum atomic E-state index is -0.773. The first kappa shape index (κ1) is 20.2. The molecule has 1 aromatic carbocycles. The number of urea groups is 1. The number of amides is 4. The summed E-state index contributed by atoms with van der Waals surface area (Å²) in [5.74, 6) is -0.390. The molecular weight excluding hydrogens is 392 g/mol. The molecule has 0 radical (unpaired) electrons. The first-order valence-corrected chi connectivity index (χ1v) is 10.7. The van der Waals surface area contributed by atoms with Gasteiger partial charge in [-0.25, -0.2) is 4.79 Å². The van der Waals surface area contributed by atoms with Gasteiger partial charge < -0.3 is 10.2 Å². The second kappa shape index (κ2) is 8.32. The number of hydrogen-bond acceptors (Lipinski definition) is 4. The zero-order valence-corrected chi connectivity index (χ0v) is 17.3. The van der Waals surface area contributed by atoms with E-state index in [4.69, 9.17) is 11.6 Å². The molecule has 2 saturated heterocycles. The van der Waals surface area contributed by atoms with E-state index in [1.807, 2.05) is 24.3 Å². The van der Waals surface area contributed by atoms with E-state index < -0.39 is 11.6 Å². The third kappa shape index (κ3) is 4.26. The number of nitrogens with one attached hydrogen (secondary N) is 1. The SMILES string of the molecule is O=C(CN1C(=O)NC2(CCCCC2)C1=O)N1CCN(Cc2cccc(Cl)c2)CC1. The summed E-state index contributed by atoms with van der Waals surface area (Å²) in [6, 6.07) is 7.37. The Labute approximate surface area is 176 Å². The average molecular weight is 419 g/mol. The quantitative estimate of drug-likeness (QED) is 0.761. The van der Waals surface area contributed by atoms with Crippen LogP contribution >= 0.6 is 11.6 Å². The Hall–Kier alpha value is -2.12. The fourth-order valence-electron chi connectivity index (χ4n) is 4.60. The van der Waals surface area contributed by atoms with Crippen LogP contribution in [0.3, 0.4) is 0 Å². The third-order valence-electron chi connectivity index (χ3n) is 6.27. The summed E-state index contributed by atoms with van der Waals surface area (Å²) in [5, 5.41) is 3.59. The van der Waals surface area contributed by atoms with Crippen molar-refractivity contribution < 1.29 is 14.4 Å². The minimum Gasteiger partial charge on any atom is -0.339 e. The molecule has 3 aliphatic rings. The van der Waals surface area contributed by atoms with Crippen LogP contribution in [0.2, 0.25) is 5.02 Å². The Kier molecular flexibility index (Phi) is 5.79. The Morgan fingerprint density at radius 2 is 1.79 bits per heavy atom. The first-order valence-electron chi connectivity index (χ1n) is 10.4. The van der Waals surface area contributed by atoms with Crippen molar-refractivity contribution in [1.82, 2.24) is 20.0 Å². The predicted molar refractivity (Wildman–Crippen MR) is 109 cm³/mol. The molecule has 1 aromatic rings. The van der Waals surface area contributed by atoms with Crippen molar-refractivity contribution in [2.45, 2.75) is 44.2 Å². The molecule has 1 aliphatic carbocycles. The van der Waals surface area contributed by atoms with Gasteiger partial charge in [-0.05, 0) is 30.5 Å². The largest absolute Gasteiger partial charge is 0.339 e. The summed E-state index contributed by atoms with van der Waals surface area (Å²) in [7, 11) is 0. The molecule has 8 heteroatoms. The maximum Gasteiger partial charge on any atom is 0.325 e. The van der Waals surface area contributed by atoms with E-state index in [1.54, 1.807) is 4.90 Å². The second-order valence-electron chi connectivity index (χ2n) is 8.25. The van der Waals surface area contributed by atoms with Crippen molar-refractivity contribution in [2.24, 2.45) is 0 Å². The van der Waals surface area contributed by atoms with Crippen LogP contribution in [0.15, 0.2) is 24.3 Å². The molecule has 0 atom stereocenters. The number of benzene rings is 1. The molecule has 29 heavy (non-hydrogen) atoms. The molecule has 3 fully saturated rings. The number of nitrogens with zero attached hydrogens (tertiary/aromatic N) is 3. The van der Waals surface area contributed by atoms with Gasteiger partial charge in [-0.2, -0.15) is 0 Å². The zero-order chi connectivity index (χ0) is 20.4. The highest BCUT2D eigenvalue weighted by molar-refractivity contribution is 6.30. The number of imide groups is 1. The van der Waals surface area contributed by atoms with Gasteiger partial charge in [-0.15, -0.1) is 0 Å². The van der Waals surface area contributed by atoms with E-state index >= 15 is 0 Å². The summed E-state index contributed by atoms with van der Waals surface area (Å²) in [5.41, 5.74) is 0.375. The molecule has 156 valence electrons. The molecule has 0 bridgehead atoms. The third-order valence-corrected chi connectivity index (χ3v) is 6.50. The van der Waals surface area contributed by atoms with Crippen molar-refractivity contribution in [1.29, 1.82) is 0 Å². The van der Waals surface area contributed by atoms with E-state index in [2.05, 4.69) is 10.2 Å². The van der Waals surface area contributed by atoms with Gasteiger partial charge in [0, 0.05) is 37.7 Å². The normalized spacial score (nSPS) is 22.2. The van der Waals surface area contributed by atoms with Gasteiger partial charge in [0.05, 0.1) is 0 Å². The van der Waals surface area contributed by atoms with Gasteiger partial charge in [-0.3, -0.25) is 19.4 Å². The van der Waals surface area contributed by atoms with Crippen LogP contribution in [0, 0.1) is 0 Å². The lowest BCUT2D eigenvalue weighted by Crippen LogP contribution is -2.52. The van der Waals surface area contributed by atoms with Gasteiger partial charge in [0.25, 0.3) is 5.91 Å². The standard InChI is InChI=1S/C21H27ClN4O3/c22-17-6-4-5-16(13-17)14-24-9-11-25(12-10-24)18(27)15-26-19(28)21(23-20(26)29)7-2-1-3-8-21/h4-6,13H,1-3,7-12,14-15H2,(H,23,29). The summed E-state index contributed by atoms with van der Waals surface area (Å²) in [6.45, 7) is 3.31. The van der Waals surface area contributed by atoms with E-state index in [-0.39, 0.29) is 18.4 Å². The number of hydrogen-bond donors (Lipinski definition) is 1. The van der Waals surface area contributed by atoms with Gasteiger partial charge >= 0.3 is 6.03 Å². The van der Waals surface area contributed by atoms with Crippen LogP contribution in [0.5, 0.6) is 0 Å². The highest BCUT2D eigenvalue weighted by Gasteiger charge is 2.51. The lowest BCUT2D eigenvalue weighted by molar-refractivity contribution is -0.140. The van der Waals surface area contributed by atoms with Crippen molar-refractivity contribution in [3.63, 3.8) is 0 Å². The van der Waals surface area contributed by atoms with Crippen molar-refractivity contribution in [2.75, 3.05) is 32.7 Å². The Bertz CT molecular complexity index is 801. The molecule has 1 spiro atoms. The first-order chi connectivity index (χ1) is 14.0. The van der Waals surface area contributed by atoms with Crippen LogP contribution in [0.1, 0.15) is 37.7 Å². The molecule has 0 unspecified atom stereocenters. The van der Waals surface area contributed by atoms with Crippen LogP contribution in [-0.2, 0) is 16.1 Å². The Morgan fingerprint density at radius 1 is 1.07 bits per heavy atom.